The van der Waals surface area contributed by atoms with Crippen molar-refractivity contribution in [3.8, 4) is 0 Å². The van der Waals surface area contributed by atoms with Crippen molar-refractivity contribution < 1.29 is 19.1 Å². The Morgan fingerprint density at radius 1 is 0.921 bits per heavy atom. The Balaban J connectivity index is 2.51. The summed E-state index contributed by atoms with van der Waals surface area (Å²) in [7, 11) is 0. The summed E-state index contributed by atoms with van der Waals surface area (Å²) in [6.07, 6.45) is 1.35. The number of aryl methyl sites for hydroxylation is 1. The van der Waals surface area contributed by atoms with Gasteiger partial charge in [0.05, 0.1) is 0 Å². The highest BCUT2D eigenvalue weighted by Crippen LogP contribution is 2.26. The predicted molar refractivity (Wildman–Crippen MR) is 152 cm³/mol. The van der Waals surface area contributed by atoms with Crippen molar-refractivity contribution in [1.82, 2.24) is 15.5 Å². The van der Waals surface area contributed by atoms with E-state index in [9.17, 15) is 14.4 Å². The van der Waals surface area contributed by atoms with Crippen molar-refractivity contribution >= 4 is 17.9 Å². The van der Waals surface area contributed by atoms with E-state index in [1.807, 2.05) is 82.3 Å². The first-order chi connectivity index (χ1) is 17.8. The fourth-order valence-corrected chi connectivity index (χ4v) is 4.37. The van der Waals surface area contributed by atoms with E-state index in [1.165, 1.54) is 0 Å². The molecule has 0 fully saturated rings. The van der Waals surface area contributed by atoms with Crippen molar-refractivity contribution in [3.63, 3.8) is 0 Å². The standard InChI is InChI=1S/C31H45N3O4/c1-9-13-23(5)32-28(35)27(25-18-16-22(4)17-19-25)34(21(2)3)29(36)26(20-24-14-11-10-12-15-24)33-30(37)38-31(6,7)8/h10-12,14-19,21,23,26-27H,9,13,20H2,1-8H3,(H,32,35)(H,33,37). The number of amides is 3. The first-order valence-electron chi connectivity index (χ1n) is 13.5. The topological polar surface area (TPSA) is 87.7 Å². The Bertz CT molecular complexity index is 1050. The van der Waals surface area contributed by atoms with Gasteiger partial charge in [-0.3, -0.25) is 9.59 Å². The van der Waals surface area contributed by atoms with Gasteiger partial charge in [0.25, 0.3) is 0 Å². The summed E-state index contributed by atoms with van der Waals surface area (Å²) in [5.41, 5.74) is 1.94. The monoisotopic (exact) mass is 523 g/mol. The molecule has 2 aromatic rings. The lowest BCUT2D eigenvalue weighted by atomic mass is 9.98. The maximum Gasteiger partial charge on any atom is 0.408 e. The number of ether oxygens (including phenoxy) is 1. The molecule has 7 heteroatoms. The third-order valence-electron chi connectivity index (χ3n) is 6.11. The SMILES string of the molecule is CCCC(C)NC(=O)C(c1ccc(C)cc1)N(C(=O)C(Cc1ccccc1)NC(=O)OC(C)(C)C)C(C)C. The molecule has 2 rings (SSSR count). The Labute approximate surface area is 228 Å². The maximum absolute atomic E-state index is 14.3. The zero-order valence-electron chi connectivity index (χ0n) is 24.2. The molecule has 38 heavy (non-hydrogen) atoms. The molecule has 2 N–H and O–H groups in total. The molecule has 3 atom stereocenters. The highest BCUT2D eigenvalue weighted by Gasteiger charge is 2.38. The lowest BCUT2D eigenvalue weighted by molar-refractivity contribution is -0.144. The quantitative estimate of drug-likeness (QED) is 0.395. The van der Waals surface area contributed by atoms with Crippen LogP contribution < -0.4 is 10.6 Å². The number of alkyl carbamates (subject to hydrolysis) is 1. The summed E-state index contributed by atoms with van der Waals surface area (Å²) in [6.45, 7) is 15.1. The van der Waals surface area contributed by atoms with E-state index in [-0.39, 0.29) is 30.3 Å². The summed E-state index contributed by atoms with van der Waals surface area (Å²) < 4.78 is 5.48. The Morgan fingerprint density at radius 2 is 1.53 bits per heavy atom. The molecule has 0 radical (unpaired) electrons. The normalized spacial score (nSPS) is 13.8. The maximum atomic E-state index is 14.3. The lowest BCUT2D eigenvalue weighted by Crippen LogP contribution is -2.56. The molecule has 0 heterocycles. The number of carbonyl (C=O) groups excluding carboxylic acids is 3. The van der Waals surface area contributed by atoms with Gasteiger partial charge in [0.2, 0.25) is 11.8 Å². The molecule has 0 aliphatic heterocycles. The van der Waals surface area contributed by atoms with Crippen LogP contribution >= 0.6 is 0 Å². The van der Waals surface area contributed by atoms with Gasteiger partial charge in [0.15, 0.2) is 0 Å². The number of hydrogen-bond donors (Lipinski definition) is 2. The minimum Gasteiger partial charge on any atom is -0.444 e. The van der Waals surface area contributed by atoms with Crippen LogP contribution in [0.4, 0.5) is 4.79 Å². The molecule has 0 aliphatic carbocycles. The van der Waals surface area contributed by atoms with E-state index in [0.29, 0.717) is 0 Å². The summed E-state index contributed by atoms with van der Waals surface area (Å²) in [6, 6.07) is 15.0. The second-order valence-electron chi connectivity index (χ2n) is 11.2. The van der Waals surface area contributed by atoms with E-state index in [1.54, 1.807) is 25.7 Å². The summed E-state index contributed by atoms with van der Waals surface area (Å²) in [5, 5.41) is 5.89. The number of benzene rings is 2. The van der Waals surface area contributed by atoms with E-state index >= 15 is 0 Å². The lowest BCUT2D eigenvalue weighted by Gasteiger charge is -2.37. The van der Waals surface area contributed by atoms with Crippen molar-refractivity contribution in [2.45, 2.75) is 104 Å². The molecule has 0 aliphatic rings. The number of carbonyl (C=O) groups is 3. The smallest absolute Gasteiger partial charge is 0.408 e. The molecular formula is C31H45N3O4. The second kappa shape index (κ2) is 14.0. The Hall–Kier alpha value is -3.35. The van der Waals surface area contributed by atoms with Crippen LogP contribution in [0.15, 0.2) is 54.6 Å². The van der Waals surface area contributed by atoms with Crippen LogP contribution in [0, 0.1) is 6.92 Å². The summed E-state index contributed by atoms with van der Waals surface area (Å²) in [5.74, 6) is -0.592. The average Bonchev–Trinajstić information content (AvgIpc) is 2.81. The van der Waals surface area contributed by atoms with E-state index in [4.69, 9.17) is 4.74 Å². The van der Waals surface area contributed by atoms with Crippen LogP contribution in [0.3, 0.4) is 0 Å². The van der Waals surface area contributed by atoms with Gasteiger partial charge in [-0.15, -0.1) is 0 Å². The van der Waals surface area contributed by atoms with Gasteiger partial charge < -0.3 is 20.3 Å². The Morgan fingerprint density at radius 3 is 2.05 bits per heavy atom. The summed E-state index contributed by atoms with van der Waals surface area (Å²) >= 11 is 0. The summed E-state index contributed by atoms with van der Waals surface area (Å²) in [4.78, 5) is 42.4. The molecular weight excluding hydrogens is 478 g/mol. The molecule has 2 aromatic carbocycles. The molecule has 0 bridgehead atoms. The second-order valence-corrected chi connectivity index (χ2v) is 11.2. The van der Waals surface area contributed by atoms with E-state index < -0.39 is 23.8 Å². The van der Waals surface area contributed by atoms with Gasteiger partial charge in [0.1, 0.15) is 17.7 Å². The van der Waals surface area contributed by atoms with Gasteiger partial charge in [-0.2, -0.15) is 0 Å². The van der Waals surface area contributed by atoms with E-state index in [2.05, 4.69) is 17.6 Å². The van der Waals surface area contributed by atoms with Gasteiger partial charge in [0, 0.05) is 18.5 Å². The van der Waals surface area contributed by atoms with Crippen LogP contribution in [-0.2, 0) is 20.7 Å². The zero-order chi connectivity index (χ0) is 28.5. The van der Waals surface area contributed by atoms with Gasteiger partial charge in [-0.1, -0.05) is 73.5 Å². The number of nitrogens with zero attached hydrogens (tertiary/aromatic N) is 1. The molecule has 3 amide bonds. The van der Waals surface area contributed by atoms with Crippen LogP contribution in [0.5, 0.6) is 0 Å². The fourth-order valence-electron chi connectivity index (χ4n) is 4.37. The predicted octanol–water partition coefficient (Wildman–Crippen LogP) is 5.71. The van der Waals surface area contributed by atoms with Gasteiger partial charge in [-0.25, -0.2) is 4.79 Å². The third kappa shape index (κ3) is 9.51. The van der Waals surface area contributed by atoms with Crippen molar-refractivity contribution in [2.24, 2.45) is 0 Å². The van der Waals surface area contributed by atoms with Gasteiger partial charge in [-0.05, 0) is 66.0 Å². The first kappa shape index (κ1) is 30.9. The van der Waals surface area contributed by atoms with Crippen molar-refractivity contribution in [3.05, 3.63) is 71.3 Å². The first-order valence-corrected chi connectivity index (χ1v) is 13.5. The molecule has 208 valence electrons. The number of hydrogen-bond acceptors (Lipinski definition) is 4. The molecule has 0 saturated carbocycles. The zero-order valence-corrected chi connectivity index (χ0v) is 24.2. The Kier molecular flexibility index (Phi) is 11.4. The molecule has 7 nitrogen and oxygen atoms in total. The molecule has 0 aromatic heterocycles. The molecule has 0 saturated heterocycles. The van der Waals surface area contributed by atoms with E-state index in [0.717, 1.165) is 29.5 Å². The van der Waals surface area contributed by atoms with Gasteiger partial charge >= 0.3 is 6.09 Å². The van der Waals surface area contributed by atoms with Crippen LogP contribution in [0.2, 0.25) is 0 Å². The van der Waals surface area contributed by atoms with Crippen LogP contribution in [0.25, 0.3) is 0 Å². The third-order valence-corrected chi connectivity index (χ3v) is 6.11. The van der Waals surface area contributed by atoms with Crippen molar-refractivity contribution in [1.29, 1.82) is 0 Å². The number of rotatable bonds is 11. The van der Waals surface area contributed by atoms with Crippen LogP contribution in [0.1, 0.15) is 84.0 Å². The van der Waals surface area contributed by atoms with Crippen LogP contribution in [-0.4, -0.2) is 46.5 Å². The highest BCUT2D eigenvalue weighted by molar-refractivity contribution is 5.92. The molecule has 0 spiro atoms. The minimum absolute atomic E-state index is 0.0374. The molecule has 3 unspecified atom stereocenters. The minimum atomic E-state index is -0.927. The highest BCUT2D eigenvalue weighted by atomic mass is 16.6. The largest absolute Gasteiger partial charge is 0.444 e. The number of nitrogens with one attached hydrogen (secondary N) is 2. The average molecular weight is 524 g/mol. The van der Waals surface area contributed by atoms with Crippen molar-refractivity contribution in [2.75, 3.05) is 0 Å². The fraction of sp³-hybridized carbons (Fsp3) is 0.516.